The van der Waals surface area contributed by atoms with Gasteiger partial charge in [0, 0.05) is 18.5 Å². The van der Waals surface area contributed by atoms with Gasteiger partial charge in [-0.05, 0) is 37.0 Å². The maximum atomic E-state index is 12.2. The molecule has 0 radical (unpaired) electrons. The first-order valence-corrected chi connectivity index (χ1v) is 8.85. The van der Waals surface area contributed by atoms with E-state index in [-0.39, 0.29) is 30.2 Å². The molecule has 0 saturated heterocycles. The molecular formula is C18H26N4O4. The van der Waals surface area contributed by atoms with Crippen LogP contribution in [0.15, 0.2) is 18.2 Å². The second-order valence-electron chi connectivity index (χ2n) is 6.72. The van der Waals surface area contributed by atoms with Gasteiger partial charge in [0.1, 0.15) is 6.04 Å². The Bertz CT molecular complexity index is 675. The van der Waals surface area contributed by atoms with E-state index in [0.717, 1.165) is 18.5 Å². The Morgan fingerprint density at radius 3 is 2.65 bits per heavy atom. The van der Waals surface area contributed by atoms with Crippen molar-refractivity contribution in [2.75, 3.05) is 17.2 Å². The van der Waals surface area contributed by atoms with Gasteiger partial charge in [0.15, 0.2) is 0 Å². The fourth-order valence-electron chi connectivity index (χ4n) is 2.77. The van der Waals surface area contributed by atoms with Crippen LogP contribution < -0.4 is 21.4 Å². The van der Waals surface area contributed by atoms with Gasteiger partial charge in [-0.25, -0.2) is 5.48 Å². The summed E-state index contributed by atoms with van der Waals surface area (Å²) in [6.07, 6.45) is 2.42. The number of unbranched alkanes of at least 4 members (excludes halogenated alkanes) is 2. The molecule has 0 unspecified atom stereocenters. The second-order valence-corrected chi connectivity index (χ2v) is 6.72. The van der Waals surface area contributed by atoms with Gasteiger partial charge < -0.3 is 16.0 Å². The number of carbonyl (C=O) groups is 3. The van der Waals surface area contributed by atoms with E-state index >= 15 is 0 Å². The number of hydroxylamine groups is 1. The highest BCUT2D eigenvalue weighted by molar-refractivity contribution is 6.05. The van der Waals surface area contributed by atoms with Gasteiger partial charge >= 0.3 is 0 Å². The number of hydrogen-bond donors (Lipinski definition) is 5. The van der Waals surface area contributed by atoms with Crippen LogP contribution in [0.4, 0.5) is 11.4 Å². The molecule has 3 amide bonds. The summed E-state index contributed by atoms with van der Waals surface area (Å²) in [5.41, 5.74) is 3.48. The molecule has 0 spiro atoms. The van der Waals surface area contributed by atoms with Crippen molar-refractivity contribution in [3.63, 3.8) is 0 Å². The number of amides is 3. The molecule has 1 atom stereocenters. The number of nitrogens with one attached hydrogen (secondary N) is 4. The molecule has 0 fully saturated rings. The Hall–Kier alpha value is -2.61. The van der Waals surface area contributed by atoms with E-state index in [1.165, 1.54) is 0 Å². The molecular weight excluding hydrogens is 336 g/mol. The monoisotopic (exact) mass is 362 g/mol. The van der Waals surface area contributed by atoms with Crippen LogP contribution in [0.2, 0.25) is 0 Å². The average Bonchev–Trinajstić information content (AvgIpc) is 2.62. The minimum Gasteiger partial charge on any atom is -0.372 e. The minimum absolute atomic E-state index is 0.100. The van der Waals surface area contributed by atoms with Crippen LogP contribution in [0.25, 0.3) is 0 Å². The van der Waals surface area contributed by atoms with Gasteiger partial charge in [-0.3, -0.25) is 19.6 Å². The lowest BCUT2D eigenvalue weighted by molar-refractivity contribution is -0.129. The van der Waals surface area contributed by atoms with Crippen molar-refractivity contribution in [3.05, 3.63) is 23.8 Å². The lowest BCUT2D eigenvalue weighted by Gasteiger charge is -2.29. The number of carbonyl (C=O) groups excluding carboxylic acids is 3. The number of rotatable bonds is 8. The third-order valence-electron chi connectivity index (χ3n) is 4.29. The number of hydrogen-bond acceptors (Lipinski definition) is 5. The SMILES string of the molecule is CC(C)[C@@H]1Nc2ccc(C(=O)NCCCCCC(=O)NO)cc2NC1=O. The molecule has 8 heteroatoms. The van der Waals surface area contributed by atoms with Gasteiger partial charge in [0.05, 0.1) is 11.4 Å². The normalized spacial score (nSPS) is 15.7. The van der Waals surface area contributed by atoms with Gasteiger partial charge in [-0.1, -0.05) is 20.3 Å². The van der Waals surface area contributed by atoms with Crippen LogP contribution in [-0.4, -0.2) is 35.5 Å². The molecule has 1 aliphatic rings. The average molecular weight is 362 g/mol. The zero-order chi connectivity index (χ0) is 19.1. The molecule has 1 aromatic rings. The van der Waals surface area contributed by atoms with Crippen molar-refractivity contribution >= 4 is 29.1 Å². The smallest absolute Gasteiger partial charge is 0.251 e. The summed E-state index contributed by atoms with van der Waals surface area (Å²) in [4.78, 5) is 35.2. The summed E-state index contributed by atoms with van der Waals surface area (Å²) < 4.78 is 0. The number of fused-ring (bicyclic) bond motifs is 1. The van der Waals surface area contributed by atoms with Crippen LogP contribution >= 0.6 is 0 Å². The molecule has 1 aromatic carbocycles. The molecule has 0 aromatic heterocycles. The maximum Gasteiger partial charge on any atom is 0.251 e. The molecule has 0 aliphatic carbocycles. The summed E-state index contributed by atoms with van der Waals surface area (Å²) in [6, 6.07) is 4.90. The van der Waals surface area contributed by atoms with Gasteiger partial charge in [0.25, 0.3) is 5.91 Å². The number of benzene rings is 1. The minimum atomic E-state index is -0.404. The van der Waals surface area contributed by atoms with E-state index < -0.39 is 5.91 Å². The first-order valence-electron chi connectivity index (χ1n) is 8.85. The zero-order valence-corrected chi connectivity index (χ0v) is 15.1. The van der Waals surface area contributed by atoms with Crippen LogP contribution in [0.1, 0.15) is 49.9 Å². The van der Waals surface area contributed by atoms with Gasteiger partial charge in [0.2, 0.25) is 11.8 Å². The molecule has 1 heterocycles. The van der Waals surface area contributed by atoms with Gasteiger partial charge in [-0.15, -0.1) is 0 Å². The van der Waals surface area contributed by atoms with Crippen molar-refractivity contribution in [3.8, 4) is 0 Å². The standard InChI is InChI=1S/C18H26N4O4/c1-11(2)16-18(25)21-14-10-12(7-8-13(14)20-16)17(24)19-9-5-3-4-6-15(23)22-26/h7-8,10-11,16,20,26H,3-6,9H2,1-2H3,(H,19,24)(H,21,25)(H,22,23)/t16-/m0/s1. The first kappa shape index (κ1) is 19.7. The molecule has 0 saturated carbocycles. The van der Waals surface area contributed by atoms with E-state index in [1.54, 1.807) is 23.7 Å². The molecule has 26 heavy (non-hydrogen) atoms. The van der Waals surface area contributed by atoms with Crippen LogP contribution in [0.3, 0.4) is 0 Å². The Labute approximate surface area is 152 Å². The van der Waals surface area contributed by atoms with Crippen LogP contribution in [0, 0.1) is 5.92 Å². The summed E-state index contributed by atoms with van der Waals surface area (Å²) in [7, 11) is 0. The number of anilines is 2. The fraction of sp³-hybridized carbons (Fsp3) is 0.500. The molecule has 8 nitrogen and oxygen atoms in total. The van der Waals surface area contributed by atoms with Crippen LogP contribution in [0.5, 0.6) is 0 Å². The summed E-state index contributed by atoms with van der Waals surface area (Å²) in [5, 5.41) is 17.3. The van der Waals surface area contributed by atoms with E-state index in [4.69, 9.17) is 5.21 Å². The zero-order valence-electron chi connectivity index (χ0n) is 15.1. The predicted octanol–water partition coefficient (Wildman–Crippen LogP) is 1.87. The van der Waals surface area contributed by atoms with E-state index in [1.807, 2.05) is 13.8 Å². The van der Waals surface area contributed by atoms with Gasteiger partial charge in [-0.2, -0.15) is 0 Å². The topological polar surface area (TPSA) is 120 Å². The van der Waals surface area contributed by atoms with E-state index in [2.05, 4.69) is 16.0 Å². The van der Waals surface area contributed by atoms with E-state index in [0.29, 0.717) is 24.2 Å². The lowest BCUT2D eigenvalue weighted by atomic mass is 9.99. The third kappa shape index (κ3) is 5.19. The fourth-order valence-corrected chi connectivity index (χ4v) is 2.77. The van der Waals surface area contributed by atoms with Crippen molar-refractivity contribution in [1.29, 1.82) is 0 Å². The largest absolute Gasteiger partial charge is 0.372 e. The molecule has 0 bridgehead atoms. The van der Waals surface area contributed by atoms with Crippen molar-refractivity contribution in [2.24, 2.45) is 5.92 Å². The second kappa shape index (κ2) is 9.19. The maximum absolute atomic E-state index is 12.2. The predicted molar refractivity (Wildman–Crippen MR) is 98.1 cm³/mol. The Balaban J connectivity index is 1.83. The highest BCUT2D eigenvalue weighted by Crippen LogP contribution is 2.29. The molecule has 5 N–H and O–H groups in total. The highest BCUT2D eigenvalue weighted by Gasteiger charge is 2.28. The summed E-state index contributed by atoms with van der Waals surface area (Å²) >= 11 is 0. The quantitative estimate of drug-likeness (QED) is 0.275. The van der Waals surface area contributed by atoms with E-state index in [9.17, 15) is 14.4 Å². The molecule has 142 valence electrons. The third-order valence-corrected chi connectivity index (χ3v) is 4.29. The Kier molecular flexibility index (Phi) is 6.97. The first-order chi connectivity index (χ1) is 12.4. The molecule has 2 rings (SSSR count). The lowest BCUT2D eigenvalue weighted by Crippen LogP contribution is -2.42. The molecule has 1 aliphatic heterocycles. The Morgan fingerprint density at radius 2 is 1.96 bits per heavy atom. The van der Waals surface area contributed by atoms with Crippen molar-refractivity contribution in [2.45, 2.75) is 45.6 Å². The van der Waals surface area contributed by atoms with Crippen LogP contribution in [-0.2, 0) is 9.59 Å². The van der Waals surface area contributed by atoms with Crippen molar-refractivity contribution < 1.29 is 19.6 Å². The van der Waals surface area contributed by atoms with Crippen molar-refractivity contribution in [1.82, 2.24) is 10.8 Å². The summed E-state index contributed by atoms with van der Waals surface area (Å²) in [6.45, 7) is 4.44. The highest BCUT2D eigenvalue weighted by atomic mass is 16.5. The Morgan fingerprint density at radius 1 is 1.19 bits per heavy atom. The summed E-state index contributed by atoms with van der Waals surface area (Å²) in [5.74, 6) is -0.550.